The number of likely N-dealkylation sites (tertiary alicyclic amines) is 1. The van der Waals surface area contributed by atoms with Crippen LogP contribution in [0.15, 0.2) is 12.2 Å². The van der Waals surface area contributed by atoms with Crippen LogP contribution in [0.4, 0.5) is 4.79 Å². The van der Waals surface area contributed by atoms with Crippen molar-refractivity contribution in [2.75, 3.05) is 19.6 Å². The van der Waals surface area contributed by atoms with Crippen LogP contribution in [-0.2, 0) is 9.59 Å². The Morgan fingerprint density at radius 1 is 1.20 bits per heavy atom. The van der Waals surface area contributed by atoms with Gasteiger partial charge >= 0.3 is 12.0 Å². The standard InChI is InChI=1S/C13H21N3O4/c1-10(9-16-7-3-2-4-8-16)14-13(20)15-11(17)5-6-12(18)19/h5-6,10H,2-4,7-9H2,1H3,(H,18,19)(H2,14,15,17,20). The van der Waals surface area contributed by atoms with Crippen LogP contribution in [0, 0.1) is 0 Å². The summed E-state index contributed by atoms with van der Waals surface area (Å²) in [5.74, 6) is -1.99. The highest BCUT2D eigenvalue weighted by molar-refractivity contribution is 6.02. The van der Waals surface area contributed by atoms with Gasteiger partial charge < -0.3 is 15.3 Å². The first-order chi connectivity index (χ1) is 9.47. The van der Waals surface area contributed by atoms with Crippen LogP contribution in [0.3, 0.4) is 0 Å². The summed E-state index contributed by atoms with van der Waals surface area (Å²) in [6, 6.07) is -0.695. The van der Waals surface area contributed by atoms with Crippen molar-refractivity contribution < 1.29 is 19.5 Å². The van der Waals surface area contributed by atoms with E-state index < -0.39 is 17.9 Å². The number of piperidine rings is 1. The summed E-state index contributed by atoms with van der Waals surface area (Å²) in [6.45, 7) is 4.68. The Hall–Kier alpha value is -1.89. The average molecular weight is 283 g/mol. The van der Waals surface area contributed by atoms with Crippen molar-refractivity contribution in [3.05, 3.63) is 12.2 Å². The van der Waals surface area contributed by atoms with Crippen LogP contribution in [0.2, 0.25) is 0 Å². The molecule has 1 fully saturated rings. The number of nitrogens with zero attached hydrogens (tertiary/aromatic N) is 1. The summed E-state index contributed by atoms with van der Waals surface area (Å²) in [7, 11) is 0. The molecule has 20 heavy (non-hydrogen) atoms. The summed E-state index contributed by atoms with van der Waals surface area (Å²) in [6.07, 6.45) is 5.09. The normalized spacial score (nSPS) is 17.6. The van der Waals surface area contributed by atoms with E-state index in [2.05, 4.69) is 10.2 Å². The third-order valence-corrected chi connectivity index (χ3v) is 2.97. The number of carbonyl (C=O) groups excluding carboxylic acids is 2. The number of aliphatic carboxylic acids is 1. The molecule has 1 rings (SSSR count). The smallest absolute Gasteiger partial charge is 0.328 e. The molecule has 7 nitrogen and oxygen atoms in total. The van der Waals surface area contributed by atoms with E-state index in [4.69, 9.17) is 5.11 Å². The zero-order valence-electron chi connectivity index (χ0n) is 11.6. The minimum Gasteiger partial charge on any atom is -0.478 e. The maximum absolute atomic E-state index is 11.5. The van der Waals surface area contributed by atoms with Gasteiger partial charge in [-0.05, 0) is 32.9 Å². The van der Waals surface area contributed by atoms with Crippen molar-refractivity contribution in [3.8, 4) is 0 Å². The maximum atomic E-state index is 11.5. The van der Waals surface area contributed by atoms with Gasteiger partial charge in [0.2, 0.25) is 0 Å². The predicted octanol–water partition coefficient (Wildman–Crippen LogP) is 0.327. The van der Waals surface area contributed by atoms with E-state index in [1.165, 1.54) is 19.3 Å². The molecule has 0 saturated carbocycles. The van der Waals surface area contributed by atoms with Gasteiger partial charge in [0.15, 0.2) is 0 Å². The third kappa shape index (κ3) is 6.89. The van der Waals surface area contributed by atoms with Gasteiger partial charge in [-0.2, -0.15) is 0 Å². The van der Waals surface area contributed by atoms with Crippen molar-refractivity contribution in [1.82, 2.24) is 15.5 Å². The van der Waals surface area contributed by atoms with Crippen LogP contribution < -0.4 is 10.6 Å². The molecular formula is C13H21N3O4. The second kappa shape index (κ2) is 8.31. The Morgan fingerprint density at radius 3 is 2.45 bits per heavy atom. The molecule has 1 aliphatic rings. The number of amides is 3. The second-order valence-electron chi connectivity index (χ2n) is 4.90. The highest BCUT2D eigenvalue weighted by atomic mass is 16.4. The Kier molecular flexibility index (Phi) is 6.72. The average Bonchev–Trinajstić information content (AvgIpc) is 2.37. The Labute approximate surface area is 118 Å². The van der Waals surface area contributed by atoms with E-state index in [1.807, 2.05) is 12.2 Å². The van der Waals surface area contributed by atoms with E-state index >= 15 is 0 Å². The van der Waals surface area contributed by atoms with Gasteiger partial charge in [-0.25, -0.2) is 9.59 Å². The Morgan fingerprint density at radius 2 is 1.85 bits per heavy atom. The SMILES string of the molecule is CC(CN1CCCCC1)NC(=O)NC(=O)C=CC(=O)O. The molecule has 3 N–H and O–H groups in total. The Bertz CT molecular complexity index is 389. The van der Waals surface area contributed by atoms with Crippen molar-refractivity contribution in [1.29, 1.82) is 0 Å². The molecule has 0 aromatic rings. The first-order valence-corrected chi connectivity index (χ1v) is 6.72. The van der Waals surface area contributed by atoms with Crippen LogP contribution in [0.1, 0.15) is 26.2 Å². The van der Waals surface area contributed by atoms with Gasteiger partial charge in [0.1, 0.15) is 0 Å². The molecule has 0 aromatic carbocycles. The lowest BCUT2D eigenvalue weighted by Crippen LogP contribution is -2.48. The molecule has 7 heteroatoms. The zero-order valence-corrected chi connectivity index (χ0v) is 11.6. The van der Waals surface area contributed by atoms with Gasteiger partial charge in [-0.3, -0.25) is 10.1 Å². The molecule has 0 aromatic heterocycles. The van der Waals surface area contributed by atoms with Gasteiger partial charge in [0.05, 0.1) is 0 Å². The number of hydrogen-bond acceptors (Lipinski definition) is 4. The van der Waals surface area contributed by atoms with E-state index in [1.54, 1.807) is 0 Å². The van der Waals surface area contributed by atoms with Crippen LogP contribution in [0.25, 0.3) is 0 Å². The molecule has 1 aliphatic heterocycles. The Balaban J connectivity index is 2.26. The zero-order chi connectivity index (χ0) is 15.0. The molecule has 3 amide bonds. The first-order valence-electron chi connectivity index (χ1n) is 6.72. The number of carbonyl (C=O) groups is 3. The summed E-state index contributed by atoms with van der Waals surface area (Å²) in [5, 5.41) is 13.0. The predicted molar refractivity (Wildman–Crippen MR) is 73.2 cm³/mol. The van der Waals surface area contributed by atoms with E-state index in [0.717, 1.165) is 25.7 Å². The molecule has 0 aliphatic carbocycles. The molecule has 112 valence electrons. The highest BCUT2D eigenvalue weighted by Crippen LogP contribution is 2.08. The van der Waals surface area contributed by atoms with E-state index in [0.29, 0.717) is 6.08 Å². The highest BCUT2D eigenvalue weighted by Gasteiger charge is 2.15. The van der Waals surface area contributed by atoms with Crippen LogP contribution >= 0.6 is 0 Å². The minimum absolute atomic E-state index is 0.0793. The maximum Gasteiger partial charge on any atom is 0.328 e. The van der Waals surface area contributed by atoms with E-state index in [-0.39, 0.29) is 6.04 Å². The lowest BCUT2D eigenvalue weighted by atomic mass is 10.1. The molecule has 0 radical (unpaired) electrons. The van der Waals surface area contributed by atoms with Crippen LogP contribution in [-0.4, -0.2) is 53.6 Å². The fourth-order valence-corrected chi connectivity index (χ4v) is 2.14. The van der Waals surface area contributed by atoms with Crippen molar-refractivity contribution in [2.45, 2.75) is 32.2 Å². The fourth-order valence-electron chi connectivity index (χ4n) is 2.14. The minimum atomic E-state index is -1.24. The summed E-state index contributed by atoms with van der Waals surface area (Å²) < 4.78 is 0. The number of imide groups is 1. The second-order valence-corrected chi connectivity index (χ2v) is 4.90. The quantitative estimate of drug-likeness (QED) is 0.631. The lowest BCUT2D eigenvalue weighted by molar-refractivity contribution is -0.131. The third-order valence-electron chi connectivity index (χ3n) is 2.97. The molecule has 1 saturated heterocycles. The van der Waals surface area contributed by atoms with Gasteiger partial charge in [-0.1, -0.05) is 6.42 Å². The largest absolute Gasteiger partial charge is 0.478 e. The molecule has 0 bridgehead atoms. The number of hydrogen-bond donors (Lipinski definition) is 3. The first kappa shape index (κ1) is 16.2. The van der Waals surface area contributed by atoms with Gasteiger partial charge in [0, 0.05) is 24.7 Å². The fraction of sp³-hybridized carbons (Fsp3) is 0.615. The van der Waals surface area contributed by atoms with Crippen molar-refractivity contribution in [2.24, 2.45) is 0 Å². The van der Waals surface area contributed by atoms with E-state index in [9.17, 15) is 14.4 Å². The number of rotatable bonds is 5. The van der Waals surface area contributed by atoms with Gasteiger partial charge in [0.25, 0.3) is 5.91 Å². The lowest BCUT2D eigenvalue weighted by Gasteiger charge is -2.29. The monoisotopic (exact) mass is 283 g/mol. The number of carboxylic acid groups (broad SMARTS) is 1. The van der Waals surface area contributed by atoms with Crippen LogP contribution in [0.5, 0.6) is 0 Å². The molecule has 1 unspecified atom stereocenters. The van der Waals surface area contributed by atoms with Crippen molar-refractivity contribution >= 4 is 17.9 Å². The molecule has 0 spiro atoms. The summed E-state index contributed by atoms with van der Waals surface area (Å²) in [4.78, 5) is 35.2. The molecule has 1 atom stereocenters. The number of nitrogens with one attached hydrogen (secondary N) is 2. The van der Waals surface area contributed by atoms with Gasteiger partial charge in [-0.15, -0.1) is 0 Å². The number of carboxylic acids is 1. The topological polar surface area (TPSA) is 98.7 Å². The molecule has 1 heterocycles. The van der Waals surface area contributed by atoms with Crippen molar-refractivity contribution in [3.63, 3.8) is 0 Å². The summed E-state index contributed by atoms with van der Waals surface area (Å²) in [5.41, 5.74) is 0. The number of urea groups is 1. The summed E-state index contributed by atoms with van der Waals surface area (Å²) >= 11 is 0. The molecular weight excluding hydrogens is 262 g/mol.